The van der Waals surface area contributed by atoms with Crippen molar-refractivity contribution in [3.8, 4) is 5.75 Å². The minimum Gasteiger partial charge on any atom is -0.497 e. The summed E-state index contributed by atoms with van der Waals surface area (Å²) in [5.74, 6) is -0.534. The summed E-state index contributed by atoms with van der Waals surface area (Å²) >= 11 is 0. The lowest BCUT2D eigenvalue weighted by Crippen LogP contribution is -2.41. The third-order valence-corrected chi connectivity index (χ3v) is 6.33. The third-order valence-electron chi connectivity index (χ3n) is 6.33. The maximum Gasteiger partial charge on any atom is 0.231 e. The van der Waals surface area contributed by atoms with Gasteiger partial charge in [-0.15, -0.1) is 0 Å². The molecule has 2 aromatic carbocycles. The fourth-order valence-corrected chi connectivity index (χ4v) is 4.90. The SMILES string of the molecule is COc1cccc(NC(=O)C2C3C(=O)N(CCc4ccccc4)C[C@@]34C=C[C@@H]2O4)c1. The Bertz CT molecular complexity index is 1010. The number of carbonyl (C=O) groups excluding carboxylic acids is 2. The van der Waals surface area contributed by atoms with E-state index < -0.39 is 17.4 Å². The quantitative estimate of drug-likeness (QED) is 0.752. The zero-order chi connectivity index (χ0) is 20.7. The summed E-state index contributed by atoms with van der Waals surface area (Å²) < 4.78 is 11.4. The fourth-order valence-electron chi connectivity index (χ4n) is 4.90. The second kappa shape index (κ2) is 7.29. The summed E-state index contributed by atoms with van der Waals surface area (Å²) in [6.45, 7) is 1.12. The Hall–Kier alpha value is -3.12. The van der Waals surface area contributed by atoms with Crippen molar-refractivity contribution in [3.05, 3.63) is 72.3 Å². The molecule has 2 bridgehead atoms. The molecule has 0 radical (unpaired) electrons. The van der Waals surface area contributed by atoms with Gasteiger partial charge in [-0.05, 0) is 24.1 Å². The number of likely N-dealkylation sites (tertiary alicyclic amines) is 1. The summed E-state index contributed by atoms with van der Waals surface area (Å²) in [5, 5.41) is 2.94. The lowest BCUT2D eigenvalue weighted by molar-refractivity contribution is -0.135. The number of hydrogen-bond donors (Lipinski definition) is 1. The molecule has 3 aliphatic rings. The van der Waals surface area contributed by atoms with E-state index in [4.69, 9.17) is 9.47 Å². The van der Waals surface area contributed by atoms with Gasteiger partial charge < -0.3 is 19.7 Å². The van der Waals surface area contributed by atoms with Crippen LogP contribution in [0.1, 0.15) is 5.56 Å². The monoisotopic (exact) mass is 404 g/mol. The van der Waals surface area contributed by atoms with Crippen molar-refractivity contribution in [1.29, 1.82) is 0 Å². The first-order valence-electron chi connectivity index (χ1n) is 10.2. The molecule has 2 amide bonds. The van der Waals surface area contributed by atoms with Gasteiger partial charge in [-0.2, -0.15) is 0 Å². The molecule has 3 aliphatic heterocycles. The van der Waals surface area contributed by atoms with Gasteiger partial charge in [-0.1, -0.05) is 48.6 Å². The van der Waals surface area contributed by atoms with Crippen molar-refractivity contribution in [3.63, 3.8) is 0 Å². The van der Waals surface area contributed by atoms with E-state index in [9.17, 15) is 9.59 Å². The average Bonchev–Trinajstić information content (AvgIpc) is 3.41. The maximum atomic E-state index is 13.3. The summed E-state index contributed by atoms with van der Waals surface area (Å²) in [6, 6.07) is 17.3. The van der Waals surface area contributed by atoms with Crippen LogP contribution in [0.4, 0.5) is 5.69 Å². The van der Waals surface area contributed by atoms with E-state index >= 15 is 0 Å². The van der Waals surface area contributed by atoms with E-state index in [0.717, 1.165) is 6.42 Å². The van der Waals surface area contributed by atoms with Gasteiger partial charge in [0.2, 0.25) is 11.8 Å². The zero-order valence-corrected chi connectivity index (χ0v) is 16.8. The molecular weight excluding hydrogens is 380 g/mol. The van der Waals surface area contributed by atoms with Crippen LogP contribution in [0.15, 0.2) is 66.7 Å². The Morgan fingerprint density at radius 1 is 1.23 bits per heavy atom. The second-order valence-corrected chi connectivity index (χ2v) is 8.12. The molecule has 1 N–H and O–H groups in total. The Morgan fingerprint density at radius 2 is 2.07 bits per heavy atom. The molecule has 2 unspecified atom stereocenters. The van der Waals surface area contributed by atoms with Crippen LogP contribution in [-0.2, 0) is 20.7 Å². The summed E-state index contributed by atoms with van der Waals surface area (Å²) in [6.07, 6.45) is 4.34. The normalized spacial score (nSPS) is 28.6. The van der Waals surface area contributed by atoms with E-state index in [1.165, 1.54) is 5.56 Å². The maximum absolute atomic E-state index is 13.3. The number of methoxy groups -OCH3 is 1. The van der Waals surface area contributed by atoms with Gasteiger partial charge in [0, 0.05) is 18.3 Å². The fraction of sp³-hybridized carbons (Fsp3) is 0.333. The highest BCUT2D eigenvalue weighted by atomic mass is 16.5. The predicted molar refractivity (Wildman–Crippen MR) is 112 cm³/mol. The Balaban J connectivity index is 1.32. The lowest BCUT2D eigenvalue weighted by Gasteiger charge is -2.23. The molecule has 0 aromatic heterocycles. The van der Waals surface area contributed by atoms with E-state index in [1.54, 1.807) is 13.2 Å². The molecule has 2 aromatic rings. The average molecular weight is 404 g/mol. The molecule has 0 saturated carbocycles. The van der Waals surface area contributed by atoms with Crippen molar-refractivity contribution >= 4 is 17.5 Å². The minimum atomic E-state index is -0.686. The topological polar surface area (TPSA) is 67.9 Å². The van der Waals surface area contributed by atoms with Crippen LogP contribution in [0.5, 0.6) is 5.75 Å². The minimum absolute atomic E-state index is 0.00331. The molecule has 1 spiro atoms. The summed E-state index contributed by atoms with van der Waals surface area (Å²) in [4.78, 5) is 28.3. The zero-order valence-electron chi connectivity index (χ0n) is 16.8. The van der Waals surface area contributed by atoms with Crippen LogP contribution in [0.3, 0.4) is 0 Å². The molecule has 154 valence electrons. The van der Waals surface area contributed by atoms with Gasteiger partial charge in [0.15, 0.2) is 0 Å². The number of ether oxygens (including phenoxy) is 2. The van der Waals surface area contributed by atoms with Crippen LogP contribution >= 0.6 is 0 Å². The molecule has 6 heteroatoms. The van der Waals surface area contributed by atoms with Crippen molar-refractivity contribution < 1.29 is 19.1 Å². The highest BCUT2D eigenvalue weighted by molar-refractivity contribution is 5.99. The first-order chi connectivity index (χ1) is 14.6. The number of nitrogens with zero attached hydrogens (tertiary/aromatic N) is 1. The van der Waals surface area contributed by atoms with E-state index in [1.807, 2.05) is 53.5 Å². The highest BCUT2D eigenvalue weighted by Gasteiger charge is 2.66. The predicted octanol–water partition coefficient (Wildman–Crippen LogP) is 2.66. The van der Waals surface area contributed by atoms with Crippen LogP contribution in [-0.4, -0.2) is 48.6 Å². The molecule has 6 nitrogen and oxygen atoms in total. The number of nitrogens with one attached hydrogen (secondary N) is 1. The van der Waals surface area contributed by atoms with Gasteiger partial charge in [0.05, 0.1) is 31.6 Å². The number of carbonyl (C=O) groups is 2. The molecule has 0 aliphatic carbocycles. The Kier molecular flexibility index (Phi) is 4.59. The third kappa shape index (κ3) is 3.08. The summed E-state index contributed by atoms with van der Waals surface area (Å²) in [7, 11) is 1.58. The molecular formula is C24H24N2O4. The molecule has 30 heavy (non-hydrogen) atoms. The standard InChI is InChI=1S/C24H24N2O4/c1-29-18-9-5-8-17(14-18)25-22(27)20-19-10-12-24(30-19)15-26(23(28)21(20)24)13-11-16-6-3-2-4-7-16/h2-10,12,14,19-21H,11,13,15H2,1H3,(H,25,27)/t19-,20?,21?,24-/m0/s1. The van der Waals surface area contributed by atoms with Crippen molar-refractivity contribution in [2.24, 2.45) is 11.8 Å². The number of benzene rings is 2. The van der Waals surface area contributed by atoms with Crippen LogP contribution in [0.25, 0.3) is 0 Å². The van der Waals surface area contributed by atoms with E-state index in [0.29, 0.717) is 24.5 Å². The first-order valence-corrected chi connectivity index (χ1v) is 10.2. The number of hydrogen-bond acceptors (Lipinski definition) is 4. The van der Waals surface area contributed by atoms with Crippen LogP contribution in [0, 0.1) is 11.8 Å². The summed E-state index contributed by atoms with van der Waals surface area (Å²) in [5.41, 5.74) is 1.15. The molecule has 2 fully saturated rings. The van der Waals surface area contributed by atoms with Gasteiger partial charge in [-0.25, -0.2) is 0 Å². The largest absolute Gasteiger partial charge is 0.497 e. The Morgan fingerprint density at radius 3 is 2.87 bits per heavy atom. The van der Waals surface area contributed by atoms with Crippen molar-refractivity contribution in [2.75, 3.05) is 25.5 Å². The second-order valence-electron chi connectivity index (χ2n) is 8.12. The van der Waals surface area contributed by atoms with Gasteiger partial charge in [0.1, 0.15) is 11.4 Å². The van der Waals surface area contributed by atoms with E-state index in [2.05, 4.69) is 17.4 Å². The number of rotatable bonds is 6. The first kappa shape index (κ1) is 18.9. The molecule has 2 saturated heterocycles. The van der Waals surface area contributed by atoms with Gasteiger partial charge in [0.25, 0.3) is 0 Å². The molecule has 4 atom stereocenters. The highest BCUT2D eigenvalue weighted by Crippen LogP contribution is 2.52. The van der Waals surface area contributed by atoms with Gasteiger partial charge in [-0.3, -0.25) is 9.59 Å². The number of fused-ring (bicyclic) bond motifs is 1. The number of anilines is 1. The van der Waals surface area contributed by atoms with Crippen LogP contribution < -0.4 is 10.1 Å². The Labute approximate surface area is 175 Å². The van der Waals surface area contributed by atoms with Crippen molar-refractivity contribution in [1.82, 2.24) is 4.90 Å². The van der Waals surface area contributed by atoms with Crippen molar-refractivity contribution in [2.45, 2.75) is 18.1 Å². The number of amides is 2. The van der Waals surface area contributed by atoms with Gasteiger partial charge >= 0.3 is 0 Å². The smallest absolute Gasteiger partial charge is 0.231 e. The lowest BCUT2D eigenvalue weighted by atomic mass is 9.77. The van der Waals surface area contributed by atoms with E-state index in [-0.39, 0.29) is 17.9 Å². The molecule has 3 heterocycles. The van der Waals surface area contributed by atoms with Crippen LogP contribution in [0.2, 0.25) is 0 Å². The molecule has 5 rings (SSSR count).